The standard InChI is InChI=1S/C23H27N3O2/c1-18-6-4-7-19(16-18)17-24-12-14-25(15-13-24)23(28)20-8-2-3-9-21(20)26-11-5-10-22(26)27/h2-4,6-9,16H,5,10-15,17H2,1H3/p+1. The first-order chi connectivity index (χ1) is 13.6. The van der Waals surface area contributed by atoms with E-state index in [9.17, 15) is 9.59 Å². The third-order valence-electron chi connectivity index (χ3n) is 5.79. The van der Waals surface area contributed by atoms with Crippen molar-refractivity contribution in [1.82, 2.24) is 4.90 Å². The van der Waals surface area contributed by atoms with Crippen molar-refractivity contribution < 1.29 is 14.5 Å². The van der Waals surface area contributed by atoms with Gasteiger partial charge in [-0.3, -0.25) is 9.59 Å². The zero-order valence-electron chi connectivity index (χ0n) is 16.5. The van der Waals surface area contributed by atoms with Gasteiger partial charge in [-0.25, -0.2) is 0 Å². The molecule has 1 N–H and O–H groups in total. The second-order valence-corrected chi connectivity index (χ2v) is 7.87. The van der Waals surface area contributed by atoms with Crippen LogP contribution in [0, 0.1) is 6.92 Å². The van der Waals surface area contributed by atoms with E-state index in [-0.39, 0.29) is 11.8 Å². The number of quaternary nitrogens is 1. The van der Waals surface area contributed by atoms with Crippen molar-refractivity contribution in [1.29, 1.82) is 0 Å². The van der Waals surface area contributed by atoms with Gasteiger partial charge in [-0.2, -0.15) is 0 Å². The van der Waals surface area contributed by atoms with Gasteiger partial charge in [0.15, 0.2) is 0 Å². The predicted molar refractivity (Wildman–Crippen MR) is 110 cm³/mol. The fraction of sp³-hybridized carbons (Fsp3) is 0.391. The molecular weight excluding hydrogens is 350 g/mol. The summed E-state index contributed by atoms with van der Waals surface area (Å²) in [5.41, 5.74) is 4.07. The van der Waals surface area contributed by atoms with Crippen LogP contribution in [0.1, 0.15) is 34.3 Å². The normalized spacial score (nSPS) is 18.0. The molecule has 0 atom stereocenters. The first-order valence-electron chi connectivity index (χ1n) is 10.2. The Morgan fingerprint density at radius 2 is 1.82 bits per heavy atom. The van der Waals surface area contributed by atoms with E-state index < -0.39 is 0 Å². The Morgan fingerprint density at radius 1 is 1.04 bits per heavy atom. The molecule has 2 aliphatic rings. The van der Waals surface area contributed by atoms with E-state index >= 15 is 0 Å². The number of anilines is 1. The van der Waals surface area contributed by atoms with Gasteiger partial charge in [-0.05, 0) is 25.5 Å². The molecular formula is C23H28N3O2+. The Balaban J connectivity index is 1.41. The van der Waals surface area contributed by atoms with Crippen LogP contribution in [0.25, 0.3) is 0 Å². The van der Waals surface area contributed by atoms with E-state index in [0.29, 0.717) is 18.5 Å². The number of piperazine rings is 1. The highest BCUT2D eigenvalue weighted by Gasteiger charge is 2.29. The minimum atomic E-state index is 0.0462. The quantitative estimate of drug-likeness (QED) is 0.880. The fourth-order valence-electron chi connectivity index (χ4n) is 4.28. The van der Waals surface area contributed by atoms with E-state index in [0.717, 1.165) is 44.8 Å². The third-order valence-corrected chi connectivity index (χ3v) is 5.79. The minimum absolute atomic E-state index is 0.0462. The summed E-state index contributed by atoms with van der Waals surface area (Å²) in [4.78, 5) is 30.6. The molecule has 5 nitrogen and oxygen atoms in total. The smallest absolute Gasteiger partial charge is 0.256 e. The summed E-state index contributed by atoms with van der Waals surface area (Å²) in [6, 6.07) is 16.2. The molecule has 0 saturated carbocycles. The Hall–Kier alpha value is -2.66. The second kappa shape index (κ2) is 8.15. The molecule has 2 heterocycles. The summed E-state index contributed by atoms with van der Waals surface area (Å²) in [6.07, 6.45) is 1.44. The molecule has 5 heteroatoms. The van der Waals surface area contributed by atoms with Gasteiger partial charge in [-0.1, -0.05) is 42.0 Å². The second-order valence-electron chi connectivity index (χ2n) is 7.87. The highest BCUT2D eigenvalue weighted by molar-refractivity contribution is 6.05. The van der Waals surface area contributed by atoms with Crippen molar-refractivity contribution in [2.75, 3.05) is 37.6 Å². The van der Waals surface area contributed by atoms with E-state index in [1.54, 1.807) is 4.90 Å². The van der Waals surface area contributed by atoms with Gasteiger partial charge >= 0.3 is 0 Å². The van der Waals surface area contributed by atoms with Crippen molar-refractivity contribution in [3.63, 3.8) is 0 Å². The number of nitrogens with zero attached hydrogens (tertiary/aromatic N) is 2. The van der Waals surface area contributed by atoms with E-state index in [4.69, 9.17) is 0 Å². The Kier molecular flexibility index (Phi) is 5.44. The molecule has 2 fully saturated rings. The minimum Gasteiger partial charge on any atom is -0.328 e. The maximum Gasteiger partial charge on any atom is 0.256 e. The van der Waals surface area contributed by atoms with Crippen LogP contribution in [0.4, 0.5) is 5.69 Å². The van der Waals surface area contributed by atoms with Crippen molar-refractivity contribution >= 4 is 17.5 Å². The lowest BCUT2D eigenvalue weighted by molar-refractivity contribution is -0.917. The van der Waals surface area contributed by atoms with Gasteiger partial charge in [0.25, 0.3) is 5.91 Å². The number of carbonyl (C=O) groups excluding carboxylic acids is 2. The largest absolute Gasteiger partial charge is 0.328 e. The van der Waals surface area contributed by atoms with Crippen LogP contribution in [-0.4, -0.2) is 49.4 Å². The summed E-state index contributed by atoms with van der Waals surface area (Å²) >= 11 is 0. The predicted octanol–water partition coefficient (Wildman–Crippen LogP) is 1.66. The zero-order chi connectivity index (χ0) is 19.5. The van der Waals surface area contributed by atoms with E-state index in [1.807, 2.05) is 29.2 Å². The average molecular weight is 378 g/mol. The van der Waals surface area contributed by atoms with Crippen LogP contribution in [0.3, 0.4) is 0 Å². The molecule has 0 aromatic heterocycles. The Labute approximate surface area is 166 Å². The van der Waals surface area contributed by atoms with Gasteiger partial charge < -0.3 is 14.7 Å². The van der Waals surface area contributed by atoms with Crippen molar-refractivity contribution in [3.8, 4) is 0 Å². The number of amides is 2. The summed E-state index contributed by atoms with van der Waals surface area (Å²) in [7, 11) is 0. The van der Waals surface area contributed by atoms with Crippen molar-refractivity contribution in [3.05, 3.63) is 65.2 Å². The molecule has 2 saturated heterocycles. The molecule has 2 aliphatic heterocycles. The monoisotopic (exact) mass is 378 g/mol. The summed E-state index contributed by atoms with van der Waals surface area (Å²) in [5.74, 6) is 0.164. The number of rotatable bonds is 4. The van der Waals surface area contributed by atoms with Crippen LogP contribution < -0.4 is 9.80 Å². The number of para-hydroxylation sites is 1. The fourth-order valence-corrected chi connectivity index (χ4v) is 4.28. The van der Waals surface area contributed by atoms with Gasteiger partial charge in [-0.15, -0.1) is 0 Å². The number of hydrogen-bond donors (Lipinski definition) is 1. The molecule has 28 heavy (non-hydrogen) atoms. The third kappa shape index (κ3) is 3.94. The van der Waals surface area contributed by atoms with Crippen molar-refractivity contribution in [2.24, 2.45) is 0 Å². The molecule has 0 radical (unpaired) electrons. The maximum atomic E-state index is 13.2. The van der Waals surface area contributed by atoms with Gasteiger partial charge in [0.05, 0.1) is 37.4 Å². The molecule has 2 amide bonds. The summed E-state index contributed by atoms with van der Waals surface area (Å²) < 4.78 is 0. The first-order valence-corrected chi connectivity index (χ1v) is 10.2. The average Bonchev–Trinajstić information content (AvgIpc) is 3.14. The van der Waals surface area contributed by atoms with Crippen LogP contribution in [-0.2, 0) is 11.3 Å². The lowest BCUT2D eigenvalue weighted by Gasteiger charge is -2.33. The number of carbonyl (C=O) groups is 2. The van der Waals surface area contributed by atoms with Crippen LogP contribution in [0.5, 0.6) is 0 Å². The summed E-state index contributed by atoms with van der Waals surface area (Å²) in [6.45, 7) is 7.23. The summed E-state index contributed by atoms with van der Waals surface area (Å²) in [5, 5.41) is 0. The molecule has 2 aromatic rings. The zero-order valence-corrected chi connectivity index (χ0v) is 16.5. The lowest BCUT2D eigenvalue weighted by atomic mass is 10.1. The van der Waals surface area contributed by atoms with Crippen LogP contribution in [0.2, 0.25) is 0 Å². The highest BCUT2D eigenvalue weighted by Crippen LogP contribution is 2.26. The Bertz CT molecular complexity index is 872. The van der Waals surface area contributed by atoms with Crippen LogP contribution >= 0.6 is 0 Å². The molecule has 0 aliphatic carbocycles. The lowest BCUT2D eigenvalue weighted by Crippen LogP contribution is -3.13. The maximum absolute atomic E-state index is 13.2. The topological polar surface area (TPSA) is 45.1 Å². The van der Waals surface area contributed by atoms with Crippen LogP contribution in [0.15, 0.2) is 48.5 Å². The first kappa shape index (κ1) is 18.7. The number of aryl methyl sites for hydroxylation is 1. The molecule has 0 unspecified atom stereocenters. The van der Waals surface area contributed by atoms with Gasteiger partial charge in [0.1, 0.15) is 6.54 Å². The van der Waals surface area contributed by atoms with Crippen molar-refractivity contribution in [2.45, 2.75) is 26.3 Å². The number of nitrogens with one attached hydrogen (secondary N) is 1. The van der Waals surface area contributed by atoms with Gasteiger partial charge in [0.2, 0.25) is 5.91 Å². The number of benzene rings is 2. The molecule has 2 aromatic carbocycles. The van der Waals surface area contributed by atoms with Gasteiger partial charge in [0, 0.05) is 18.5 Å². The molecule has 0 bridgehead atoms. The number of hydrogen-bond acceptors (Lipinski definition) is 2. The molecule has 4 rings (SSSR count). The Morgan fingerprint density at radius 3 is 2.54 bits per heavy atom. The molecule has 0 spiro atoms. The highest BCUT2D eigenvalue weighted by atomic mass is 16.2. The SMILES string of the molecule is Cc1cccc(C[NH+]2CCN(C(=O)c3ccccc3N3CCCC3=O)CC2)c1. The van der Waals surface area contributed by atoms with E-state index in [2.05, 4.69) is 31.2 Å². The van der Waals surface area contributed by atoms with E-state index in [1.165, 1.54) is 16.0 Å². The molecule has 146 valence electrons.